The lowest BCUT2D eigenvalue weighted by Gasteiger charge is -2.09. The lowest BCUT2D eigenvalue weighted by Crippen LogP contribution is -2.08. The summed E-state index contributed by atoms with van der Waals surface area (Å²) in [5.41, 5.74) is 5.32. The van der Waals surface area contributed by atoms with E-state index >= 15 is 0 Å². The summed E-state index contributed by atoms with van der Waals surface area (Å²) in [5, 5.41) is 0. The molecule has 0 atom stereocenters. The van der Waals surface area contributed by atoms with Gasteiger partial charge in [-0.25, -0.2) is 4.79 Å². The van der Waals surface area contributed by atoms with Crippen LogP contribution in [0.4, 0.5) is 0 Å². The van der Waals surface area contributed by atoms with Crippen molar-refractivity contribution in [2.24, 2.45) is 0 Å². The first-order valence-electron chi connectivity index (χ1n) is 9.28. The predicted octanol–water partition coefficient (Wildman–Crippen LogP) is 5.81. The minimum atomic E-state index is -0.310. The minimum Gasteiger partial charge on any atom is -0.457 e. The fourth-order valence-corrected chi connectivity index (χ4v) is 3.35. The van der Waals surface area contributed by atoms with E-state index in [2.05, 4.69) is 0 Å². The lowest BCUT2D eigenvalue weighted by molar-refractivity contribution is 0.0473. The average Bonchev–Trinajstić information content (AvgIpc) is 3.11. The predicted molar refractivity (Wildman–Crippen MR) is 112 cm³/mol. The summed E-state index contributed by atoms with van der Waals surface area (Å²) in [6, 6.07) is 29.7. The summed E-state index contributed by atoms with van der Waals surface area (Å²) in [6.45, 7) is 2.21. The van der Waals surface area contributed by atoms with Crippen LogP contribution in [0.15, 0.2) is 97.2 Å². The number of nitrogens with zero attached hydrogens (tertiary/aromatic N) is 1. The van der Waals surface area contributed by atoms with Crippen molar-refractivity contribution in [2.75, 3.05) is 0 Å². The molecule has 1 aromatic heterocycles. The second kappa shape index (κ2) is 7.97. The van der Waals surface area contributed by atoms with Crippen molar-refractivity contribution in [3.05, 3.63) is 114 Å². The molecule has 0 fully saturated rings. The van der Waals surface area contributed by atoms with Crippen LogP contribution >= 0.6 is 0 Å². The number of aromatic nitrogens is 1. The molecule has 138 valence electrons. The molecule has 4 rings (SSSR count). The fourth-order valence-electron chi connectivity index (χ4n) is 3.35. The molecule has 0 saturated carbocycles. The third-order valence-corrected chi connectivity index (χ3v) is 4.79. The van der Waals surface area contributed by atoms with Gasteiger partial charge in [0, 0.05) is 23.1 Å². The Labute approximate surface area is 164 Å². The zero-order chi connectivity index (χ0) is 19.3. The largest absolute Gasteiger partial charge is 0.457 e. The highest BCUT2D eigenvalue weighted by Crippen LogP contribution is 2.31. The first-order chi connectivity index (χ1) is 13.7. The van der Waals surface area contributed by atoms with E-state index in [0.717, 1.165) is 28.1 Å². The third-order valence-electron chi connectivity index (χ3n) is 4.79. The quantitative estimate of drug-likeness (QED) is 0.417. The molecule has 0 aliphatic carbocycles. The maximum atomic E-state index is 13.0. The number of ether oxygens (including phenoxy) is 1. The number of esters is 1. The lowest BCUT2D eigenvalue weighted by atomic mass is 10.0. The molecule has 0 radical (unpaired) electrons. The van der Waals surface area contributed by atoms with Gasteiger partial charge >= 0.3 is 5.97 Å². The summed E-state index contributed by atoms with van der Waals surface area (Å²) >= 11 is 0. The van der Waals surface area contributed by atoms with E-state index in [1.807, 2.05) is 109 Å². The molecule has 0 aliphatic rings. The molecule has 4 aromatic rings. The van der Waals surface area contributed by atoms with Gasteiger partial charge in [-0.15, -0.1) is 0 Å². The molecule has 0 bridgehead atoms. The smallest absolute Gasteiger partial charge is 0.340 e. The molecule has 28 heavy (non-hydrogen) atoms. The van der Waals surface area contributed by atoms with Crippen molar-refractivity contribution in [1.82, 2.24) is 4.57 Å². The molecule has 0 spiro atoms. The van der Waals surface area contributed by atoms with E-state index in [1.54, 1.807) is 0 Å². The van der Waals surface area contributed by atoms with E-state index in [9.17, 15) is 4.79 Å². The summed E-state index contributed by atoms with van der Waals surface area (Å²) < 4.78 is 7.70. The van der Waals surface area contributed by atoms with Crippen LogP contribution in [-0.2, 0) is 11.3 Å². The monoisotopic (exact) mass is 367 g/mol. The summed E-state index contributed by atoms with van der Waals surface area (Å²) in [7, 11) is 0. The van der Waals surface area contributed by atoms with E-state index in [0.29, 0.717) is 5.56 Å². The Bertz CT molecular complexity index is 1070. The highest BCUT2D eigenvalue weighted by Gasteiger charge is 2.22. The van der Waals surface area contributed by atoms with Crippen molar-refractivity contribution in [1.29, 1.82) is 0 Å². The summed E-state index contributed by atoms with van der Waals surface area (Å²) in [6.07, 6.45) is 2.01. The second-order valence-corrected chi connectivity index (χ2v) is 6.64. The average molecular weight is 367 g/mol. The Balaban J connectivity index is 1.74. The molecule has 0 unspecified atom stereocenters. The molecule has 0 aliphatic heterocycles. The standard InChI is InChI=1S/C25H21NO2/c1-19-24(25(27)28-18-20-11-5-2-6-12-20)23(21-13-7-3-8-14-21)17-26(19)22-15-9-4-10-16-22/h2-17H,18H2,1H3. The number of carbonyl (C=O) groups excluding carboxylic acids is 1. The Morgan fingerprint density at radius 3 is 2.04 bits per heavy atom. The maximum Gasteiger partial charge on any atom is 0.340 e. The SMILES string of the molecule is Cc1c(C(=O)OCc2ccccc2)c(-c2ccccc2)cn1-c1ccccc1. The van der Waals surface area contributed by atoms with Crippen LogP contribution in [0.5, 0.6) is 0 Å². The van der Waals surface area contributed by atoms with Gasteiger partial charge < -0.3 is 9.30 Å². The molecule has 3 heteroatoms. The molecule has 0 N–H and O–H groups in total. The van der Waals surface area contributed by atoms with E-state index in [-0.39, 0.29) is 12.6 Å². The van der Waals surface area contributed by atoms with Gasteiger partial charge in [-0.05, 0) is 30.2 Å². The van der Waals surface area contributed by atoms with E-state index < -0.39 is 0 Å². The van der Waals surface area contributed by atoms with Gasteiger partial charge in [0.2, 0.25) is 0 Å². The Kier molecular flexibility index (Phi) is 5.07. The second-order valence-electron chi connectivity index (χ2n) is 6.64. The molecule has 3 nitrogen and oxygen atoms in total. The minimum absolute atomic E-state index is 0.254. The molecular formula is C25H21NO2. The fraction of sp³-hybridized carbons (Fsp3) is 0.0800. The van der Waals surface area contributed by atoms with Gasteiger partial charge in [-0.2, -0.15) is 0 Å². The van der Waals surface area contributed by atoms with Crippen LogP contribution in [0.1, 0.15) is 21.6 Å². The van der Waals surface area contributed by atoms with Crippen LogP contribution < -0.4 is 0 Å². The van der Waals surface area contributed by atoms with E-state index in [4.69, 9.17) is 4.74 Å². The van der Waals surface area contributed by atoms with Crippen molar-refractivity contribution in [2.45, 2.75) is 13.5 Å². The van der Waals surface area contributed by atoms with Gasteiger partial charge in [-0.3, -0.25) is 0 Å². The highest BCUT2D eigenvalue weighted by atomic mass is 16.5. The van der Waals surface area contributed by atoms with Crippen molar-refractivity contribution >= 4 is 5.97 Å². The Hall–Kier alpha value is -3.59. The van der Waals surface area contributed by atoms with Crippen LogP contribution in [0.2, 0.25) is 0 Å². The van der Waals surface area contributed by atoms with Gasteiger partial charge in [0.15, 0.2) is 0 Å². The first-order valence-corrected chi connectivity index (χ1v) is 9.28. The summed E-state index contributed by atoms with van der Waals surface area (Å²) in [5.74, 6) is -0.310. The molecule has 0 saturated heterocycles. The van der Waals surface area contributed by atoms with Gasteiger partial charge in [-0.1, -0.05) is 78.9 Å². The number of carbonyl (C=O) groups is 1. The number of hydrogen-bond acceptors (Lipinski definition) is 2. The van der Waals surface area contributed by atoms with Crippen molar-refractivity contribution in [3.63, 3.8) is 0 Å². The number of benzene rings is 3. The molecule has 0 amide bonds. The van der Waals surface area contributed by atoms with Crippen LogP contribution in [0, 0.1) is 6.92 Å². The molecular weight excluding hydrogens is 346 g/mol. The van der Waals surface area contributed by atoms with Gasteiger partial charge in [0.25, 0.3) is 0 Å². The van der Waals surface area contributed by atoms with Crippen LogP contribution in [0.25, 0.3) is 16.8 Å². The van der Waals surface area contributed by atoms with Crippen LogP contribution in [0.3, 0.4) is 0 Å². The zero-order valence-corrected chi connectivity index (χ0v) is 15.7. The third kappa shape index (κ3) is 3.60. The summed E-state index contributed by atoms with van der Waals surface area (Å²) in [4.78, 5) is 13.0. The topological polar surface area (TPSA) is 31.2 Å². The maximum absolute atomic E-state index is 13.0. The Morgan fingerprint density at radius 2 is 1.39 bits per heavy atom. The van der Waals surface area contributed by atoms with Crippen molar-refractivity contribution < 1.29 is 9.53 Å². The van der Waals surface area contributed by atoms with Crippen molar-refractivity contribution in [3.8, 4) is 16.8 Å². The normalized spacial score (nSPS) is 10.6. The number of rotatable bonds is 5. The first kappa shape index (κ1) is 17.8. The van der Waals surface area contributed by atoms with Crippen LogP contribution in [-0.4, -0.2) is 10.5 Å². The van der Waals surface area contributed by atoms with Gasteiger partial charge in [0.1, 0.15) is 6.61 Å². The number of para-hydroxylation sites is 1. The highest BCUT2D eigenvalue weighted by molar-refractivity contribution is 5.99. The zero-order valence-electron chi connectivity index (χ0n) is 15.7. The van der Waals surface area contributed by atoms with Gasteiger partial charge in [0.05, 0.1) is 5.56 Å². The molecule has 3 aromatic carbocycles. The Morgan fingerprint density at radius 1 is 0.821 bits per heavy atom. The number of hydrogen-bond donors (Lipinski definition) is 0. The molecule has 1 heterocycles. The van der Waals surface area contributed by atoms with E-state index in [1.165, 1.54) is 0 Å².